The molecular formula is C28H38F3NO5S. The molecule has 212 valence electrons. The molecule has 0 amide bonds. The molecule has 0 aliphatic heterocycles. The highest BCUT2D eigenvalue weighted by atomic mass is 32.2. The molecule has 0 spiro atoms. The van der Waals surface area contributed by atoms with Gasteiger partial charge in [0.1, 0.15) is 6.10 Å². The number of anilines is 1. The molecule has 0 saturated heterocycles. The number of hydrogen-bond donors (Lipinski definition) is 4. The number of nitrogens with one attached hydrogen (secondary N) is 1. The Kier molecular flexibility index (Phi) is 8.38. The summed E-state index contributed by atoms with van der Waals surface area (Å²) in [5.74, 6) is -1.21. The maximum atomic E-state index is 13.2. The molecule has 3 aliphatic rings. The van der Waals surface area contributed by atoms with Crippen LogP contribution < -0.4 is 4.72 Å². The van der Waals surface area contributed by atoms with Crippen molar-refractivity contribution in [3.05, 3.63) is 53.9 Å². The van der Waals surface area contributed by atoms with E-state index in [-0.39, 0.29) is 35.0 Å². The fourth-order valence-electron chi connectivity index (χ4n) is 8.09. The highest BCUT2D eigenvalue weighted by Gasteiger charge is 2.63. The topological polar surface area (TPSA) is 107 Å². The maximum absolute atomic E-state index is 13.2. The van der Waals surface area contributed by atoms with Crippen molar-refractivity contribution in [3.63, 3.8) is 0 Å². The Hall–Kier alpha value is -1.88. The van der Waals surface area contributed by atoms with Crippen LogP contribution in [-0.4, -0.2) is 35.4 Å². The van der Waals surface area contributed by atoms with Crippen molar-refractivity contribution < 1.29 is 36.4 Å². The first-order chi connectivity index (χ1) is 17.8. The van der Waals surface area contributed by atoms with Gasteiger partial charge in [0.05, 0.1) is 11.8 Å². The Morgan fingerprint density at radius 3 is 2.63 bits per heavy atom. The number of halogens is 3. The van der Waals surface area contributed by atoms with Gasteiger partial charge in [0.2, 0.25) is 0 Å². The van der Waals surface area contributed by atoms with Gasteiger partial charge in [-0.25, -0.2) is 4.39 Å². The third-order valence-electron chi connectivity index (χ3n) is 9.65. The normalized spacial score (nSPS) is 33.0. The molecule has 7 atom stereocenters. The average molecular weight is 558 g/mol. The molecule has 10 heteroatoms. The van der Waals surface area contributed by atoms with Crippen LogP contribution >= 0.6 is 0 Å². The second kappa shape index (κ2) is 10.9. The largest absolute Gasteiger partial charge is 0.393 e. The number of unbranched alkanes of at least 4 members (excludes halogenated alkanes) is 2. The second-order valence-corrected chi connectivity index (χ2v) is 12.8. The average Bonchev–Trinajstić information content (AvgIpc) is 3.15. The Morgan fingerprint density at radius 1 is 1.24 bits per heavy atom. The van der Waals surface area contributed by atoms with Crippen LogP contribution in [0.2, 0.25) is 0 Å². The molecule has 0 bridgehead atoms. The lowest BCUT2D eigenvalue weighted by Crippen LogP contribution is -2.54. The van der Waals surface area contributed by atoms with Crippen LogP contribution in [0.25, 0.3) is 0 Å². The van der Waals surface area contributed by atoms with Crippen molar-refractivity contribution in [1.82, 2.24) is 0 Å². The number of rotatable bonds is 10. The third kappa shape index (κ3) is 5.42. The Bertz CT molecular complexity index is 1190. The summed E-state index contributed by atoms with van der Waals surface area (Å²) in [6, 6.07) is 5.37. The van der Waals surface area contributed by atoms with Crippen LogP contribution in [0.1, 0.15) is 81.8 Å². The number of hydrogen-bond acceptors (Lipinski definition) is 4. The molecular weight excluding hydrogens is 519 g/mol. The van der Waals surface area contributed by atoms with Gasteiger partial charge >= 0.3 is 16.4 Å². The molecule has 0 radical (unpaired) electrons. The maximum Gasteiger partial charge on any atom is 0.357 e. The van der Waals surface area contributed by atoms with Crippen LogP contribution in [0.3, 0.4) is 0 Å². The van der Waals surface area contributed by atoms with Gasteiger partial charge in [0.15, 0.2) is 5.83 Å². The summed E-state index contributed by atoms with van der Waals surface area (Å²) >= 11 is 0. The summed E-state index contributed by atoms with van der Waals surface area (Å²) in [6.45, 7) is 6.45. The van der Waals surface area contributed by atoms with Gasteiger partial charge in [-0.05, 0) is 96.8 Å². The highest BCUT2D eigenvalue weighted by molar-refractivity contribution is 7.87. The molecule has 1 aromatic rings. The Balaban J connectivity index is 1.59. The van der Waals surface area contributed by atoms with E-state index in [0.29, 0.717) is 18.5 Å². The zero-order valence-corrected chi connectivity index (χ0v) is 22.5. The molecule has 6 nitrogen and oxygen atoms in total. The lowest BCUT2D eigenvalue weighted by Gasteiger charge is -2.60. The second-order valence-electron chi connectivity index (χ2n) is 11.7. The number of aryl methyl sites for hydroxylation is 1. The zero-order valence-electron chi connectivity index (χ0n) is 21.7. The monoisotopic (exact) mass is 557 g/mol. The SMILES string of the molecule is C=CC12CCc3cc(NS(=O)(=O)O)ccc3C1[C@@H](CCCCC[C@@H](O)C(F)=C(F)F)C[C@@]1(C)C2CC[C@@H]1O. The summed E-state index contributed by atoms with van der Waals surface area (Å²) in [6.07, 6.45) is 3.97. The molecule has 3 unspecified atom stereocenters. The minimum atomic E-state index is -4.39. The lowest BCUT2D eigenvalue weighted by atomic mass is 9.44. The van der Waals surface area contributed by atoms with Crippen LogP contribution in [0, 0.1) is 22.7 Å². The van der Waals surface area contributed by atoms with Crippen molar-refractivity contribution in [3.8, 4) is 0 Å². The van der Waals surface area contributed by atoms with Gasteiger partial charge in [-0.2, -0.15) is 17.2 Å². The van der Waals surface area contributed by atoms with Gasteiger partial charge in [-0.15, -0.1) is 6.58 Å². The van der Waals surface area contributed by atoms with Crippen LogP contribution in [0.5, 0.6) is 0 Å². The molecule has 2 saturated carbocycles. The van der Waals surface area contributed by atoms with Crippen molar-refractivity contribution in [2.45, 2.75) is 89.3 Å². The first kappa shape index (κ1) is 29.1. The quantitative estimate of drug-likeness (QED) is 0.154. The van der Waals surface area contributed by atoms with E-state index >= 15 is 0 Å². The molecule has 38 heavy (non-hydrogen) atoms. The molecule has 1 aromatic carbocycles. The van der Waals surface area contributed by atoms with Gasteiger partial charge in [-0.1, -0.05) is 38.3 Å². The van der Waals surface area contributed by atoms with E-state index in [1.165, 1.54) is 0 Å². The smallest absolute Gasteiger partial charge is 0.357 e. The first-order valence-corrected chi connectivity index (χ1v) is 14.8. The predicted octanol–water partition coefficient (Wildman–Crippen LogP) is 6.29. The van der Waals surface area contributed by atoms with Crippen LogP contribution in [-0.2, 0) is 16.7 Å². The van der Waals surface area contributed by atoms with Crippen molar-refractivity contribution in [1.29, 1.82) is 0 Å². The molecule has 0 heterocycles. The van der Waals surface area contributed by atoms with E-state index in [0.717, 1.165) is 56.1 Å². The fraction of sp³-hybridized carbons (Fsp3) is 0.643. The van der Waals surface area contributed by atoms with E-state index in [4.69, 9.17) is 0 Å². The van der Waals surface area contributed by atoms with Crippen molar-refractivity contribution in [2.24, 2.45) is 22.7 Å². The third-order valence-corrected chi connectivity index (χ3v) is 10.1. The summed E-state index contributed by atoms with van der Waals surface area (Å²) < 4.78 is 72.1. The number of allylic oxidation sites excluding steroid dienone is 1. The summed E-state index contributed by atoms with van der Waals surface area (Å²) in [5, 5.41) is 20.7. The van der Waals surface area contributed by atoms with E-state index in [9.17, 15) is 36.4 Å². The Morgan fingerprint density at radius 2 is 1.97 bits per heavy atom. The molecule has 3 aliphatic carbocycles. The number of aliphatic hydroxyl groups excluding tert-OH is 2. The van der Waals surface area contributed by atoms with Crippen LogP contribution in [0.15, 0.2) is 42.8 Å². The van der Waals surface area contributed by atoms with Crippen molar-refractivity contribution >= 4 is 16.0 Å². The standard InChI is InChI=1S/C28H38F3NO5S/c1-3-28-14-13-17-15-19(32-38(35,36)37)9-10-20(17)24(28)18(16-27(2)22(28)11-12-23(27)34)7-5-4-6-8-21(33)25(29)26(30)31/h3,9-10,15,18,21-24,32-34H,1,4-8,11-14,16H2,2H3,(H,35,36,37)/t18-,21+,22?,23-,24?,27-,28?/m0/s1. The Labute approximate surface area is 222 Å². The minimum Gasteiger partial charge on any atom is -0.393 e. The number of fused-ring (bicyclic) bond motifs is 5. The van der Waals surface area contributed by atoms with E-state index in [1.807, 2.05) is 6.07 Å². The minimum absolute atomic E-state index is 0.0707. The van der Waals surface area contributed by atoms with Crippen LogP contribution in [0.4, 0.5) is 18.9 Å². The fourth-order valence-corrected chi connectivity index (χ4v) is 8.52. The van der Waals surface area contributed by atoms with Gasteiger partial charge in [0.25, 0.3) is 0 Å². The summed E-state index contributed by atoms with van der Waals surface area (Å²) in [5.41, 5.74) is 1.96. The van der Waals surface area contributed by atoms with Gasteiger partial charge in [-0.3, -0.25) is 9.27 Å². The highest BCUT2D eigenvalue weighted by Crippen LogP contribution is 2.69. The van der Waals surface area contributed by atoms with E-state index in [2.05, 4.69) is 24.3 Å². The molecule has 4 N–H and O–H groups in total. The van der Waals surface area contributed by atoms with E-state index in [1.54, 1.807) is 12.1 Å². The summed E-state index contributed by atoms with van der Waals surface area (Å²) in [4.78, 5) is 0. The number of aliphatic hydroxyl groups is 2. The first-order valence-electron chi connectivity index (χ1n) is 13.4. The van der Waals surface area contributed by atoms with Crippen molar-refractivity contribution in [2.75, 3.05) is 4.72 Å². The predicted molar refractivity (Wildman–Crippen MR) is 140 cm³/mol. The molecule has 0 aromatic heterocycles. The zero-order chi connectivity index (χ0) is 27.9. The van der Waals surface area contributed by atoms with Gasteiger partial charge < -0.3 is 10.2 Å². The summed E-state index contributed by atoms with van der Waals surface area (Å²) in [7, 11) is -4.39. The molecule has 2 fully saturated rings. The van der Waals surface area contributed by atoms with Gasteiger partial charge in [0, 0.05) is 0 Å². The molecule has 4 rings (SSSR count). The van der Waals surface area contributed by atoms with E-state index < -0.39 is 34.4 Å². The number of benzene rings is 1. The lowest BCUT2D eigenvalue weighted by molar-refractivity contribution is -0.0812.